The molecule has 1 aromatic carbocycles. The third kappa shape index (κ3) is 3.53. The number of aromatic hydroxyl groups is 1. The maximum Gasteiger partial charge on any atom is 0.254 e. The van der Waals surface area contributed by atoms with Crippen LogP contribution in [-0.2, 0) is 4.74 Å². The molecule has 4 nitrogen and oxygen atoms in total. The number of benzene rings is 1. The van der Waals surface area contributed by atoms with E-state index in [0.717, 1.165) is 31.7 Å². The molecule has 0 spiro atoms. The average molecular weight is 295 g/mol. The van der Waals surface area contributed by atoms with Gasteiger partial charge in [0.05, 0.1) is 11.2 Å². The van der Waals surface area contributed by atoms with E-state index in [1.807, 2.05) is 0 Å². The van der Waals surface area contributed by atoms with Crippen molar-refractivity contribution in [1.82, 2.24) is 5.32 Å². The third-order valence-corrected chi connectivity index (χ3v) is 4.31. The van der Waals surface area contributed by atoms with Crippen molar-refractivity contribution < 1.29 is 19.0 Å². The highest BCUT2D eigenvalue weighted by atomic mass is 19.1. The molecule has 1 unspecified atom stereocenters. The Balaban J connectivity index is 2.05. The van der Waals surface area contributed by atoms with Crippen LogP contribution in [0.4, 0.5) is 4.39 Å². The number of ether oxygens (including phenoxy) is 1. The van der Waals surface area contributed by atoms with Crippen LogP contribution in [0.5, 0.6) is 5.75 Å². The minimum absolute atomic E-state index is 0.0145. The largest absolute Gasteiger partial charge is 0.508 e. The minimum Gasteiger partial charge on any atom is -0.508 e. The maximum atomic E-state index is 13.7. The van der Waals surface area contributed by atoms with Gasteiger partial charge in [0.2, 0.25) is 0 Å². The molecule has 2 N–H and O–H groups in total. The Morgan fingerprint density at radius 1 is 1.48 bits per heavy atom. The molecule has 2 rings (SSSR count). The predicted octanol–water partition coefficient (Wildman–Crippen LogP) is 3.00. The number of carbonyl (C=O) groups excluding carboxylic acids is 1. The fraction of sp³-hybridized carbons (Fsp3) is 0.562. The van der Waals surface area contributed by atoms with E-state index >= 15 is 0 Å². The predicted molar refractivity (Wildman–Crippen MR) is 77.8 cm³/mol. The van der Waals surface area contributed by atoms with Gasteiger partial charge in [-0.2, -0.15) is 0 Å². The Morgan fingerprint density at radius 3 is 2.81 bits per heavy atom. The van der Waals surface area contributed by atoms with Gasteiger partial charge in [-0.15, -0.1) is 0 Å². The van der Waals surface area contributed by atoms with E-state index in [9.17, 15) is 14.3 Å². The van der Waals surface area contributed by atoms with Crippen LogP contribution in [-0.4, -0.2) is 29.3 Å². The molecule has 1 amide bonds. The molecule has 0 aromatic heterocycles. The molecule has 1 saturated heterocycles. The van der Waals surface area contributed by atoms with Crippen molar-refractivity contribution in [3.05, 3.63) is 29.6 Å². The summed E-state index contributed by atoms with van der Waals surface area (Å²) < 4.78 is 19.6. The number of rotatable bonds is 4. The number of carbonyl (C=O) groups is 1. The minimum atomic E-state index is -0.711. The first-order valence-electron chi connectivity index (χ1n) is 7.43. The SMILES string of the molecule is CCC1(CC)CC(NC(=O)c2ccc(O)cc2F)CCO1. The van der Waals surface area contributed by atoms with Gasteiger partial charge in [0.15, 0.2) is 0 Å². The first-order chi connectivity index (χ1) is 9.99. The number of hydrogen-bond donors (Lipinski definition) is 2. The second kappa shape index (κ2) is 6.43. The van der Waals surface area contributed by atoms with Crippen LogP contribution in [0, 0.1) is 5.82 Å². The number of halogens is 1. The zero-order valence-corrected chi connectivity index (χ0v) is 12.5. The fourth-order valence-electron chi connectivity index (χ4n) is 2.85. The maximum absolute atomic E-state index is 13.7. The Hall–Kier alpha value is -1.62. The van der Waals surface area contributed by atoms with Crippen molar-refractivity contribution in [3.8, 4) is 5.75 Å². The molecule has 1 aliphatic heterocycles. The summed E-state index contributed by atoms with van der Waals surface area (Å²) in [5, 5.41) is 12.1. The summed E-state index contributed by atoms with van der Waals surface area (Å²) in [6.45, 7) is 4.76. The van der Waals surface area contributed by atoms with E-state index in [1.54, 1.807) is 0 Å². The average Bonchev–Trinajstić information content (AvgIpc) is 2.47. The van der Waals surface area contributed by atoms with Gasteiger partial charge in [-0.1, -0.05) is 13.8 Å². The highest BCUT2D eigenvalue weighted by molar-refractivity contribution is 5.94. The van der Waals surface area contributed by atoms with Crippen LogP contribution >= 0.6 is 0 Å². The number of phenolic OH excluding ortho intramolecular Hbond substituents is 1. The third-order valence-electron chi connectivity index (χ3n) is 4.31. The van der Waals surface area contributed by atoms with Crippen molar-refractivity contribution in [2.24, 2.45) is 0 Å². The summed E-state index contributed by atoms with van der Waals surface area (Å²) in [7, 11) is 0. The Labute approximate surface area is 124 Å². The molecule has 0 bridgehead atoms. The molecule has 1 aliphatic rings. The summed E-state index contributed by atoms with van der Waals surface area (Å²) in [5.74, 6) is -1.34. The standard InChI is InChI=1S/C16H22FNO3/c1-3-16(4-2)10-11(7-8-21-16)18-15(20)13-6-5-12(19)9-14(13)17/h5-6,9,11,19H,3-4,7-8,10H2,1-2H3,(H,18,20). The second-order valence-electron chi connectivity index (χ2n) is 5.57. The summed E-state index contributed by atoms with van der Waals surface area (Å²) in [6.07, 6.45) is 3.26. The molecule has 5 heteroatoms. The summed E-state index contributed by atoms with van der Waals surface area (Å²) in [6, 6.07) is 3.54. The smallest absolute Gasteiger partial charge is 0.254 e. The van der Waals surface area contributed by atoms with Gasteiger partial charge >= 0.3 is 0 Å². The number of nitrogens with one attached hydrogen (secondary N) is 1. The van der Waals surface area contributed by atoms with E-state index in [4.69, 9.17) is 4.74 Å². The molecule has 116 valence electrons. The highest BCUT2D eigenvalue weighted by Crippen LogP contribution is 2.31. The van der Waals surface area contributed by atoms with Crippen LogP contribution < -0.4 is 5.32 Å². The van der Waals surface area contributed by atoms with E-state index in [-0.39, 0.29) is 23.0 Å². The highest BCUT2D eigenvalue weighted by Gasteiger charge is 2.35. The summed E-state index contributed by atoms with van der Waals surface area (Å²) in [4.78, 5) is 12.2. The van der Waals surface area contributed by atoms with Crippen LogP contribution in [0.1, 0.15) is 49.9 Å². The molecule has 1 aromatic rings. The van der Waals surface area contributed by atoms with Gasteiger partial charge in [-0.3, -0.25) is 4.79 Å². The van der Waals surface area contributed by atoms with Gasteiger partial charge in [0.1, 0.15) is 11.6 Å². The van der Waals surface area contributed by atoms with Crippen molar-refractivity contribution in [3.63, 3.8) is 0 Å². The van der Waals surface area contributed by atoms with Gasteiger partial charge in [0.25, 0.3) is 5.91 Å². The monoisotopic (exact) mass is 295 g/mol. The van der Waals surface area contributed by atoms with Crippen molar-refractivity contribution in [1.29, 1.82) is 0 Å². The zero-order valence-electron chi connectivity index (χ0n) is 12.5. The lowest BCUT2D eigenvalue weighted by atomic mass is 9.86. The first kappa shape index (κ1) is 15.8. The van der Waals surface area contributed by atoms with Crippen molar-refractivity contribution in [2.75, 3.05) is 6.61 Å². The number of hydrogen-bond acceptors (Lipinski definition) is 3. The molecule has 1 heterocycles. The molecular formula is C16H22FNO3. The number of amides is 1. The number of phenols is 1. The van der Waals surface area contributed by atoms with Crippen LogP contribution in [0.15, 0.2) is 18.2 Å². The van der Waals surface area contributed by atoms with Crippen LogP contribution in [0.2, 0.25) is 0 Å². The molecule has 21 heavy (non-hydrogen) atoms. The Morgan fingerprint density at radius 2 is 2.19 bits per heavy atom. The van der Waals surface area contributed by atoms with Gasteiger partial charge in [0, 0.05) is 18.7 Å². The van der Waals surface area contributed by atoms with E-state index in [0.29, 0.717) is 6.61 Å². The lowest BCUT2D eigenvalue weighted by molar-refractivity contribution is -0.0917. The zero-order chi connectivity index (χ0) is 15.5. The normalized spacial score (nSPS) is 21.0. The molecule has 0 saturated carbocycles. The lowest BCUT2D eigenvalue weighted by Gasteiger charge is -2.40. The van der Waals surface area contributed by atoms with Crippen LogP contribution in [0.25, 0.3) is 0 Å². The van der Waals surface area contributed by atoms with E-state index < -0.39 is 11.7 Å². The van der Waals surface area contributed by atoms with Gasteiger partial charge in [-0.05, 0) is 37.8 Å². The van der Waals surface area contributed by atoms with Crippen LogP contribution in [0.3, 0.4) is 0 Å². The van der Waals surface area contributed by atoms with Gasteiger partial charge < -0.3 is 15.2 Å². The molecular weight excluding hydrogens is 273 g/mol. The summed E-state index contributed by atoms with van der Waals surface area (Å²) >= 11 is 0. The Kier molecular flexibility index (Phi) is 4.83. The lowest BCUT2D eigenvalue weighted by Crippen LogP contribution is -2.48. The first-order valence-corrected chi connectivity index (χ1v) is 7.43. The van der Waals surface area contributed by atoms with E-state index in [2.05, 4.69) is 19.2 Å². The van der Waals surface area contributed by atoms with E-state index in [1.165, 1.54) is 12.1 Å². The van der Waals surface area contributed by atoms with Crippen molar-refractivity contribution >= 4 is 5.91 Å². The van der Waals surface area contributed by atoms with Gasteiger partial charge in [-0.25, -0.2) is 4.39 Å². The quantitative estimate of drug-likeness (QED) is 0.897. The molecule has 1 atom stereocenters. The molecule has 0 radical (unpaired) electrons. The van der Waals surface area contributed by atoms with Crippen molar-refractivity contribution in [2.45, 2.75) is 51.2 Å². The molecule has 1 fully saturated rings. The topological polar surface area (TPSA) is 58.6 Å². The second-order valence-corrected chi connectivity index (χ2v) is 5.57. The Bertz CT molecular complexity index is 514. The fourth-order valence-corrected chi connectivity index (χ4v) is 2.85. The summed E-state index contributed by atoms with van der Waals surface area (Å²) in [5.41, 5.74) is -0.234. The molecule has 0 aliphatic carbocycles.